The van der Waals surface area contributed by atoms with Gasteiger partial charge in [-0.05, 0) is 43.6 Å². The molecule has 0 aromatic heterocycles. The fourth-order valence-corrected chi connectivity index (χ4v) is 4.32. The van der Waals surface area contributed by atoms with Gasteiger partial charge in [0.05, 0.1) is 12.5 Å². The topological polar surface area (TPSA) is 47.6 Å². The molecule has 1 aromatic rings. The van der Waals surface area contributed by atoms with Crippen molar-refractivity contribution in [3.63, 3.8) is 0 Å². The Morgan fingerprint density at radius 3 is 2.74 bits per heavy atom. The Morgan fingerprint density at radius 1 is 1.26 bits per heavy atom. The summed E-state index contributed by atoms with van der Waals surface area (Å²) in [4.78, 5) is 12.7. The van der Waals surface area contributed by atoms with E-state index in [0.717, 1.165) is 18.4 Å². The second-order valence-corrected chi connectivity index (χ2v) is 7.00. The summed E-state index contributed by atoms with van der Waals surface area (Å²) in [5.41, 5.74) is 1.04. The molecule has 1 N–H and O–H groups in total. The Bertz CT molecular complexity index is 519. The molecule has 0 radical (unpaired) electrons. The third-order valence-corrected chi connectivity index (χ3v) is 5.31. The molecule has 2 aliphatic carbocycles. The number of ether oxygens (including phenoxy) is 2. The van der Waals surface area contributed by atoms with Crippen molar-refractivity contribution in [1.29, 1.82) is 0 Å². The first-order valence-corrected chi connectivity index (χ1v) is 8.64. The molecule has 0 saturated heterocycles. The second kappa shape index (κ2) is 7.45. The zero-order valence-electron chi connectivity index (χ0n) is 14.0. The van der Waals surface area contributed by atoms with Crippen LogP contribution in [0.2, 0.25) is 0 Å². The maximum Gasteiger partial charge on any atom is 0.311 e. The molecule has 5 atom stereocenters. The number of fused-ring (bicyclic) bond motifs is 2. The van der Waals surface area contributed by atoms with Crippen molar-refractivity contribution in [2.45, 2.75) is 44.9 Å². The fraction of sp³-hybridized carbons (Fsp3) is 0.632. The molecule has 0 heterocycles. The van der Waals surface area contributed by atoms with Crippen LogP contribution in [-0.4, -0.2) is 31.8 Å². The van der Waals surface area contributed by atoms with Gasteiger partial charge >= 0.3 is 5.97 Å². The quantitative estimate of drug-likeness (QED) is 0.786. The van der Waals surface area contributed by atoms with E-state index in [0.29, 0.717) is 25.0 Å². The van der Waals surface area contributed by atoms with Gasteiger partial charge in [0, 0.05) is 19.2 Å². The summed E-state index contributed by atoms with van der Waals surface area (Å²) in [5.74, 6) is 1.05. The number of benzene rings is 1. The number of hydrogen-bond acceptors (Lipinski definition) is 4. The van der Waals surface area contributed by atoms with Crippen molar-refractivity contribution < 1.29 is 14.3 Å². The lowest BCUT2D eigenvalue weighted by atomic mass is 9.84. The summed E-state index contributed by atoms with van der Waals surface area (Å²) >= 11 is 0. The number of hydrogen-bond donors (Lipinski definition) is 1. The zero-order valence-corrected chi connectivity index (χ0v) is 14.0. The molecule has 126 valence electrons. The van der Waals surface area contributed by atoms with E-state index in [4.69, 9.17) is 9.47 Å². The van der Waals surface area contributed by atoms with Crippen LogP contribution in [0.15, 0.2) is 30.3 Å². The van der Waals surface area contributed by atoms with E-state index >= 15 is 0 Å². The van der Waals surface area contributed by atoms with Crippen LogP contribution in [0.5, 0.6) is 0 Å². The number of carbonyl (C=O) groups is 1. The van der Waals surface area contributed by atoms with Crippen LogP contribution in [0.3, 0.4) is 0 Å². The molecule has 0 spiro atoms. The van der Waals surface area contributed by atoms with Gasteiger partial charge in [0.1, 0.15) is 6.61 Å². The lowest BCUT2D eigenvalue weighted by molar-refractivity contribution is -0.152. The minimum Gasteiger partial charge on any atom is -0.461 e. The van der Waals surface area contributed by atoms with E-state index in [9.17, 15) is 4.79 Å². The zero-order chi connectivity index (χ0) is 16.2. The van der Waals surface area contributed by atoms with Crippen LogP contribution in [0.25, 0.3) is 0 Å². The van der Waals surface area contributed by atoms with Crippen molar-refractivity contribution in [3.8, 4) is 0 Å². The van der Waals surface area contributed by atoms with Crippen LogP contribution in [-0.2, 0) is 20.9 Å². The van der Waals surface area contributed by atoms with Crippen molar-refractivity contribution >= 4 is 5.97 Å². The largest absolute Gasteiger partial charge is 0.461 e. The molecule has 2 fully saturated rings. The predicted molar refractivity (Wildman–Crippen MR) is 88.8 cm³/mol. The van der Waals surface area contributed by atoms with Crippen molar-refractivity contribution in [1.82, 2.24) is 5.32 Å². The highest BCUT2D eigenvalue weighted by Crippen LogP contribution is 2.49. The van der Waals surface area contributed by atoms with Gasteiger partial charge in [-0.25, -0.2) is 0 Å². The molecule has 4 nitrogen and oxygen atoms in total. The minimum absolute atomic E-state index is 0.00299. The molecule has 0 unspecified atom stereocenters. The first-order valence-electron chi connectivity index (χ1n) is 8.64. The number of carbonyl (C=O) groups excluding carboxylic acids is 1. The smallest absolute Gasteiger partial charge is 0.311 e. The molecule has 2 bridgehead atoms. The molecule has 2 saturated carbocycles. The minimum atomic E-state index is -0.0387. The Balaban J connectivity index is 1.60. The van der Waals surface area contributed by atoms with Gasteiger partial charge < -0.3 is 14.8 Å². The molecule has 2 aliphatic rings. The van der Waals surface area contributed by atoms with Gasteiger partial charge in [0.25, 0.3) is 0 Å². The second-order valence-electron chi connectivity index (χ2n) is 7.00. The van der Waals surface area contributed by atoms with Crippen LogP contribution in [0.1, 0.15) is 31.7 Å². The number of rotatable bonds is 7. The molecule has 23 heavy (non-hydrogen) atoms. The van der Waals surface area contributed by atoms with Gasteiger partial charge in [0.15, 0.2) is 0 Å². The molecule has 3 rings (SSSR count). The van der Waals surface area contributed by atoms with E-state index in [1.165, 1.54) is 6.42 Å². The van der Waals surface area contributed by atoms with E-state index in [2.05, 4.69) is 12.2 Å². The summed E-state index contributed by atoms with van der Waals surface area (Å²) < 4.78 is 10.8. The van der Waals surface area contributed by atoms with Crippen LogP contribution in [0, 0.1) is 17.8 Å². The van der Waals surface area contributed by atoms with E-state index in [1.54, 1.807) is 7.11 Å². The number of esters is 1. The maximum atomic E-state index is 12.7. The Labute approximate surface area is 138 Å². The molecule has 1 aromatic carbocycles. The van der Waals surface area contributed by atoms with Crippen molar-refractivity contribution in [3.05, 3.63) is 35.9 Å². The Kier molecular flexibility index (Phi) is 5.34. The Morgan fingerprint density at radius 2 is 2.00 bits per heavy atom. The summed E-state index contributed by atoms with van der Waals surface area (Å²) in [5, 5.41) is 3.61. The lowest BCUT2D eigenvalue weighted by Gasteiger charge is -2.32. The number of nitrogens with one attached hydrogen (secondary N) is 1. The maximum absolute atomic E-state index is 12.7. The summed E-state index contributed by atoms with van der Waals surface area (Å²) in [7, 11) is 1.71. The molecular formula is C19H27NO3. The van der Waals surface area contributed by atoms with Crippen molar-refractivity contribution in [2.75, 3.05) is 13.7 Å². The third-order valence-electron chi connectivity index (χ3n) is 5.31. The first kappa shape index (κ1) is 16.5. The molecule has 0 aliphatic heterocycles. The highest BCUT2D eigenvalue weighted by Gasteiger charge is 2.51. The standard InChI is InChI=1S/C19H27NO3/c1-13(11-22-2)20-18-16-9-8-15(10-16)17(18)19(21)23-12-14-6-4-3-5-7-14/h3-7,13,15-18,20H,8-12H2,1-2H3/t13-,15-,16-,17+,18-/m0/s1. The van der Waals surface area contributed by atoms with Crippen molar-refractivity contribution in [2.24, 2.45) is 17.8 Å². The fourth-order valence-electron chi connectivity index (χ4n) is 4.32. The van der Waals surface area contributed by atoms with E-state index in [-0.39, 0.29) is 24.0 Å². The molecular weight excluding hydrogens is 290 g/mol. The van der Waals surface area contributed by atoms with Crippen LogP contribution >= 0.6 is 0 Å². The summed E-state index contributed by atoms with van der Waals surface area (Å²) in [6.45, 7) is 3.15. The van der Waals surface area contributed by atoms with Gasteiger partial charge in [-0.2, -0.15) is 0 Å². The molecule has 4 heteroatoms. The normalized spacial score (nSPS) is 30.3. The SMILES string of the molecule is COC[C@H](C)N[C@H]1[C@H]2CC[C@@H](C2)[C@H]1C(=O)OCc1ccccc1. The number of methoxy groups -OCH3 is 1. The van der Waals surface area contributed by atoms with Gasteiger partial charge in [-0.3, -0.25) is 4.79 Å². The first-order chi connectivity index (χ1) is 11.2. The summed E-state index contributed by atoms with van der Waals surface area (Å²) in [6.07, 6.45) is 3.54. The van der Waals surface area contributed by atoms with E-state index in [1.807, 2.05) is 30.3 Å². The van der Waals surface area contributed by atoms with Gasteiger partial charge in [-0.15, -0.1) is 0 Å². The van der Waals surface area contributed by atoms with E-state index < -0.39 is 0 Å². The Hall–Kier alpha value is -1.39. The average molecular weight is 317 g/mol. The highest BCUT2D eigenvalue weighted by molar-refractivity contribution is 5.74. The third kappa shape index (κ3) is 3.75. The van der Waals surface area contributed by atoms with Gasteiger partial charge in [0.2, 0.25) is 0 Å². The average Bonchev–Trinajstić information content (AvgIpc) is 3.15. The highest BCUT2D eigenvalue weighted by atomic mass is 16.5. The van der Waals surface area contributed by atoms with Crippen LogP contribution in [0.4, 0.5) is 0 Å². The summed E-state index contributed by atoms with van der Waals surface area (Å²) in [6, 6.07) is 10.4. The van der Waals surface area contributed by atoms with Gasteiger partial charge in [-0.1, -0.05) is 30.3 Å². The predicted octanol–water partition coefficient (Wildman–Crippen LogP) is 2.77. The monoisotopic (exact) mass is 317 g/mol. The van der Waals surface area contributed by atoms with Crippen LogP contribution < -0.4 is 5.32 Å². The lowest BCUT2D eigenvalue weighted by Crippen LogP contribution is -2.49. The molecule has 0 amide bonds.